The predicted molar refractivity (Wildman–Crippen MR) is 83.4 cm³/mol. The van der Waals surface area contributed by atoms with Crippen LogP contribution in [0.1, 0.15) is 26.3 Å². The molecular weight excluding hydrogens is 232 g/mol. The molecule has 19 heavy (non-hydrogen) atoms. The van der Waals surface area contributed by atoms with Gasteiger partial charge in [0.25, 0.3) is 0 Å². The summed E-state index contributed by atoms with van der Waals surface area (Å²) in [5.74, 6) is 0. The first kappa shape index (κ1) is 14.0. The summed E-state index contributed by atoms with van der Waals surface area (Å²) in [7, 11) is 0. The van der Waals surface area contributed by atoms with E-state index in [0.717, 1.165) is 13.1 Å². The molecule has 0 aliphatic heterocycles. The molecule has 102 valence electrons. The maximum atomic E-state index is 3.56. The van der Waals surface area contributed by atoms with Crippen molar-refractivity contribution in [2.24, 2.45) is 0 Å². The van der Waals surface area contributed by atoms with Crippen molar-refractivity contribution in [3.63, 3.8) is 0 Å². The molecule has 2 nitrogen and oxygen atoms in total. The highest BCUT2D eigenvalue weighted by atomic mass is 15.0. The van der Waals surface area contributed by atoms with Crippen LogP contribution in [0.2, 0.25) is 0 Å². The summed E-state index contributed by atoms with van der Waals surface area (Å²) in [4.78, 5) is 0. The Hall–Kier alpha value is -1.38. The van der Waals surface area contributed by atoms with Gasteiger partial charge in [-0.3, -0.25) is 0 Å². The van der Waals surface area contributed by atoms with E-state index in [1.54, 1.807) is 0 Å². The first-order valence-electron chi connectivity index (χ1n) is 7.09. The molecule has 0 saturated heterocycles. The van der Waals surface area contributed by atoms with Gasteiger partial charge in [0, 0.05) is 25.2 Å². The van der Waals surface area contributed by atoms with E-state index in [4.69, 9.17) is 0 Å². The Morgan fingerprint density at radius 2 is 1.63 bits per heavy atom. The predicted octanol–water partition coefficient (Wildman–Crippen LogP) is 3.32. The summed E-state index contributed by atoms with van der Waals surface area (Å²) >= 11 is 0. The molecule has 1 atom stereocenters. The Labute approximate surface area is 116 Å². The molecule has 0 amide bonds. The molecule has 0 spiro atoms. The Balaban J connectivity index is 1.90. The van der Waals surface area contributed by atoms with E-state index in [0.29, 0.717) is 12.1 Å². The Morgan fingerprint density at radius 3 is 2.37 bits per heavy atom. The zero-order valence-corrected chi connectivity index (χ0v) is 12.1. The third kappa shape index (κ3) is 4.34. The van der Waals surface area contributed by atoms with Gasteiger partial charge in [-0.1, -0.05) is 50.2 Å². The Morgan fingerprint density at radius 1 is 0.895 bits per heavy atom. The van der Waals surface area contributed by atoms with Crippen molar-refractivity contribution in [1.82, 2.24) is 10.6 Å². The van der Waals surface area contributed by atoms with Crippen molar-refractivity contribution in [2.75, 3.05) is 6.54 Å². The van der Waals surface area contributed by atoms with E-state index in [2.05, 4.69) is 73.9 Å². The number of rotatable bonds is 6. The minimum absolute atomic E-state index is 0.480. The van der Waals surface area contributed by atoms with Crippen LogP contribution in [-0.2, 0) is 6.54 Å². The van der Waals surface area contributed by atoms with E-state index >= 15 is 0 Å². The smallest absolute Gasteiger partial charge is 0.0208 e. The van der Waals surface area contributed by atoms with Gasteiger partial charge in [-0.05, 0) is 29.3 Å². The van der Waals surface area contributed by atoms with Crippen LogP contribution in [0.15, 0.2) is 42.5 Å². The molecular formula is C17H24N2. The number of fused-ring (bicyclic) bond motifs is 1. The highest BCUT2D eigenvalue weighted by Gasteiger charge is 2.02. The fraction of sp³-hybridized carbons (Fsp3) is 0.412. The summed E-state index contributed by atoms with van der Waals surface area (Å²) < 4.78 is 0. The monoisotopic (exact) mass is 256 g/mol. The van der Waals surface area contributed by atoms with Crippen LogP contribution in [0.25, 0.3) is 10.8 Å². The van der Waals surface area contributed by atoms with E-state index in [9.17, 15) is 0 Å². The van der Waals surface area contributed by atoms with Gasteiger partial charge in [-0.2, -0.15) is 0 Å². The molecule has 0 aliphatic carbocycles. The molecule has 2 heteroatoms. The topological polar surface area (TPSA) is 24.1 Å². The minimum Gasteiger partial charge on any atom is -0.313 e. The lowest BCUT2D eigenvalue weighted by Crippen LogP contribution is -2.38. The lowest BCUT2D eigenvalue weighted by molar-refractivity contribution is 0.474. The van der Waals surface area contributed by atoms with Crippen molar-refractivity contribution in [3.05, 3.63) is 48.0 Å². The third-order valence-corrected chi connectivity index (χ3v) is 3.30. The molecule has 0 heterocycles. The zero-order chi connectivity index (χ0) is 13.7. The molecule has 0 saturated carbocycles. The van der Waals surface area contributed by atoms with Crippen LogP contribution in [0, 0.1) is 0 Å². The van der Waals surface area contributed by atoms with Gasteiger partial charge in [0.2, 0.25) is 0 Å². The summed E-state index contributed by atoms with van der Waals surface area (Å²) in [5.41, 5.74) is 1.34. The normalized spacial score (nSPS) is 13.1. The lowest BCUT2D eigenvalue weighted by atomic mass is 10.1. The second kappa shape index (κ2) is 6.69. The van der Waals surface area contributed by atoms with Crippen molar-refractivity contribution in [2.45, 2.75) is 39.4 Å². The maximum Gasteiger partial charge on any atom is 0.0208 e. The van der Waals surface area contributed by atoms with E-state index in [1.807, 2.05) is 0 Å². The van der Waals surface area contributed by atoms with Gasteiger partial charge in [-0.15, -0.1) is 0 Å². The molecule has 0 aliphatic rings. The number of hydrogen-bond donors (Lipinski definition) is 2. The standard InChI is InChI=1S/C17H24N2/c1-13(2)18-11-14(3)19-12-15-8-9-16-6-4-5-7-17(16)10-15/h4-10,13-14,18-19H,11-12H2,1-3H3. The van der Waals surface area contributed by atoms with Crippen LogP contribution in [0.4, 0.5) is 0 Å². The quantitative estimate of drug-likeness (QED) is 0.828. The molecule has 0 bridgehead atoms. The fourth-order valence-electron chi connectivity index (χ4n) is 2.13. The summed E-state index contributed by atoms with van der Waals surface area (Å²) in [5, 5.41) is 9.63. The summed E-state index contributed by atoms with van der Waals surface area (Å²) in [6.45, 7) is 8.50. The van der Waals surface area contributed by atoms with E-state index < -0.39 is 0 Å². The fourth-order valence-corrected chi connectivity index (χ4v) is 2.13. The first-order valence-corrected chi connectivity index (χ1v) is 7.09. The largest absolute Gasteiger partial charge is 0.313 e. The second-order valence-corrected chi connectivity index (χ2v) is 5.53. The SMILES string of the molecule is CC(C)NCC(C)NCc1ccc2ccccc2c1. The van der Waals surface area contributed by atoms with Crippen LogP contribution in [0.5, 0.6) is 0 Å². The zero-order valence-electron chi connectivity index (χ0n) is 12.1. The molecule has 0 aromatic heterocycles. The molecule has 2 rings (SSSR count). The summed E-state index contributed by atoms with van der Waals surface area (Å²) in [6.07, 6.45) is 0. The van der Waals surface area contributed by atoms with Crippen molar-refractivity contribution >= 4 is 10.8 Å². The van der Waals surface area contributed by atoms with E-state index in [-0.39, 0.29) is 0 Å². The number of nitrogens with one attached hydrogen (secondary N) is 2. The van der Waals surface area contributed by atoms with Gasteiger partial charge < -0.3 is 10.6 Å². The van der Waals surface area contributed by atoms with Gasteiger partial charge in [0.1, 0.15) is 0 Å². The van der Waals surface area contributed by atoms with E-state index in [1.165, 1.54) is 16.3 Å². The average Bonchev–Trinajstić information content (AvgIpc) is 2.42. The minimum atomic E-state index is 0.480. The van der Waals surface area contributed by atoms with Crippen molar-refractivity contribution in [3.8, 4) is 0 Å². The first-order chi connectivity index (χ1) is 9.15. The Bertz CT molecular complexity index is 519. The van der Waals surface area contributed by atoms with Gasteiger partial charge in [0.15, 0.2) is 0 Å². The number of benzene rings is 2. The molecule has 0 radical (unpaired) electrons. The van der Waals surface area contributed by atoms with Gasteiger partial charge in [-0.25, -0.2) is 0 Å². The highest BCUT2D eigenvalue weighted by molar-refractivity contribution is 5.82. The Kier molecular flexibility index (Phi) is 4.94. The third-order valence-electron chi connectivity index (χ3n) is 3.30. The molecule has 2 aromatic rings. The van der Waals surface area contributed by atoms with Gasteiger partial charge >= 0.3 is 0 Å². The maximum absolute atomic E-state index is 3.56. The average molecular weight is 256 g/mol. The van der Waals surface area contributed by atoms with Crippen LogP contribution >= 0.6 is 0 Å². The molecule has 2 N–H and O–H groups in total. The molecule has 2 aromatic carbocycles. The lowest BCUT2D eigenvalue weighted by Gasteiger charge is -2.16. The van der Waals surface area contributed by atoms with Crippen LogP contribution in [-0.4, -0.2) is 18.6 Å². The molecule has 1 unspecified atom stereocenters. The van der Waals surface area contributed by atoms with Crippen LogP contribution < -0.4 is 10.6 Å². The van der Waals surface area contributed by atoms with Crippen molar-refractivity contribution in [1.29, 1.82) is 0 Å². The molecule has 0 fully saturated rings. The highest BCUT2D eigenvalue weighted by Crippen LogP contribution is 2.15. The number of hydrogen-bond acceptors (Lipinski definition) is 2. The van der Waals surface area contributed by atoms with Crippen LogP contribution in [0.3, 0.4) is 0 Å². The van der Waals surface area contributed by atoms with Gasteiger partial charge in [0.05, 0.1) is 0 Å². The second-order valence-electron chi connectivity index (χ2n) is 5.53. The summed E-state index contributed by atoms with van der Waals surface area (Å²) in [6, 6.07) is 16.2. The van der Waals surface area contributed by atoms with Crippen molar-refractivity contribution < 1.29 is 0 Å².